The van der Waals surface area contributed by atoms with Crippen molar-refractivity contribution >= 4 is 23.3 Å². The van der Waals surface area contributed by atoms with Gasteiger partial charge in [0.1, 0.15) is 11.3 Å². The van der Waals surface area contributed by atoms with Crippen LogP contribution in [0.5, 0.6) is 5.75 Å². The number of halogens is 1. The smallest absolute Gasteiger partial charge is 0.257 e. The first-order valence-corrected chi connectivity index (χ1v) is 10.3. The number of carbonyl (C=O) groups excluding carboxylic acids is 1. The van der Waals surface area contributed by atoms with E-state index >= 15 is 0 Å². The number of amides is 1. The van der Waals surface area contributed by atoms with Crippen LogP contribution in [-0.2, 0) is 0 Å². The molecule has 9 heteroatoms. The predicted molar refractivity (Wildman–Crippen MR) is 122 cm³/mol. The van der Waals surface area contributed by atoms with E-state index in [1.54, 1.807) is 30.7 Å². The second-order valence-electron chi connectivity index (χ2n) is 7.02. The Kier molecular flexibility index (Phi) is 6.62. The fourth-order valence-corrected chi connectivity index (χ4v) is 3.37. The van der Waals surface area contributed by atoms with Gasteiger partial charge in [-0.05, 0) is 42.0 Å². The number of pyridine rings is 2. The zero-order valence-corrected chi connectivity index (χ0v) is 17.8. The average molecular weight is 449 g/mol. The van der Waals surface area contributed by atoms with Crippen LogP contribution in [0.2, 0.25) is 5.02 Å². The van der Waals surface area contributed by atoms with Crippen molar-refractivity contribution in [1.82, 2.24) is 25.5 Å². The summed E-state index contributed by atoms with van der Waals surface area (Å²) >= 11 is 6.02. The summed E-state index contributed by atoms with van der Waals surface area (Å²) in [5.74, 6) is 0.466. The van der Waals surface area contributed by atoms with Gasteiger partial charge in [0.2, 0.25) is 0 Å². The molecule has 0 aliphatic heterocycles. The Morgan fingerprint density at radius 1 is 1.19 bits per heavy atom. The van der Waals surface area contributed by atoms with E-state index in [1.807, 2.05) is 36.4 Å². The molecule has 0 saturated heterocycles. The number of nitrogens with zero attached hydrogens (tertiary/aromatic N) is 3. The first-order chi connectivity index (χ1) is 15.6. The number of rotatable bonds is 8. The number of H-pyrrole nitrogens is 1. The van der Waals surface area contributed by atoms with Crippen LogP contribution in [0.25, 0.3) is 11.3 Å². The fraction of sp³-hybridized carbons (Fsp3) is 0.130. The number of benzene rings is 1. The number of nitrogens with one attached hydrogen (secondary N) is 2. The van der Waals surface area contributed by atoms with E-state index in [4.69, 9.17) is 22.1 Å². The lowest BCUT2D eigenvalue weighted by atomic mass is 10.0. The van der Waals surface area contributed by atoms with Crippen LogP contribution in [0.4, 0.5) is 5.82 Å². The maximum Gasteiger partial charge on any atom is 0.257 e. The molecule has 4 aromatic rings. The lowest BCUT2D eigenvalue weighted by Gasteiger charge is -2.19. The minimum atomic E-state index is -0.355. The zero-order chi connectivity index (χ0) is 22.3. The predicted octanol–water partition coefficient (Wildman–Crippen LogP) is 4.04. The third-order valence-electron chi connectivity index (χ3n) is 4.84. The first kappa shape index (κ1) is 21.3. The molecule has 0 radical (unpaired) electrons. The summed E-state index contributed by atoms with van der Waals surface area (Å²) in [7, 11) is 0. The minimum absolute atomic E-state index is 0.140. The normalized spacial score (nSPS) is 11.7. The number of aromatic nitrogens is 4. The van der Waals surface area contributed by atoms with Crippen molar-refractivity contribution in [2.24, 2.45) is 0 Å². The molecule has 0 saturated carbocycles. The monoisotopic (exact) mass is 448 g/mol. The van der Waals surface area contributed by atoms with Gasteiger partial charge in [-0.15, -0.1) is 0 Å². The van der Waals surface area contributed by atoms with E-state index in [0.29, 0.717) is 23.8 Å². The lowest BCUT2D eigenvalue weighted by molar-refractivity contribution is 0.0932. The van der Waals surface area contributed by atoms with Crippen LogP contribution < -0.4 is 15.8 Å². The third kappa shape index (κ3) is 5.22. The summed E-state index contributed by atoms with van der Waals surface area (Å²) in [5.41, 5.74) is 8.60. The average Bonchev–Trinajstić information content (AvgIpc) is 3.25. The molecule has 162 valence electrons. The second kappa shape index (κ2) is 9.93. The number of nitrogens with two attached hydrogens (primary N) is 1. The molecule has 0 aliphatic rings. The summed E-state index contributed by atoms with van der Waals surface area (Å²) in [6, 6.07) is 14.4. The van der Waals surface area contributed by atoms with Gasteiger partial charge in [0, 0.05) is 41.8 Å². The number of ether oxygens (including phenoxy) is 1. The van der Waals surface area contributed by atoms with Gasteiger partial charge >= 0.3 is 0 Å². The van der Waals surface area contributed by atoms with Gasteiger partial charge in [-0.2, -0.15) is 5.10 Å². The molecule has 1 atom stereocenters. The maximum absolute atomic E-state index is 12.7. The van der Waals surface area contributed by atoms with Crippen LogP contribution in [0, 0.1) is 0 Å². The summed E-state index contributed by atoms with van der Waals surface area (Å²) in [6.45, 7) is 0.358. The molecule has 1 unspecified atom stereocenters. The standard InChI is InChI=1S/C23H21ClN6O2/c24-17-4-1-5-18(11-17)32-10-8-21(29-23(31)19-14-28-30-22(19)25)16-6-7-20(27-13-16)15-3-2-9-26-12-15/h1-7,9,11-14,21H,8,10H2,(H,29,31)(H3,25,28,30). The molecule has 1 aromatic carbocycles. The molecule has 8 nitrogen and oxygen atoms in total. The van der Waals surface area contributed by atoms with Crippen LogP contribution in [0.1, 0.15) is 28.4 Å². The van der Waals surface area contributed by atoms with E-state index < -0.39 is 0 Å². The van der Waals surface area contributed by atoms with Crippen molar-refractivity contribution in [3.63, 3.8) is 0 Å². The molecule has 0 bridgehead atoms. The topological polar surface area (TPSA) is 119 Å². The van der Waals surface area contributed by atoms with E-state index in [2.05, 4.69) is 25.5 Å². The minimum Gasteiger partial charge on any atom is -0.493 e. The molecule has 3 heterocycles. The zero-order valence-electron chi connectivity index (χ0n) is 17.0. The van der Waals surface area contributed by atoms with Crippen molar-refractivity contribution in [3.8, 4) is 17.0 Å². The highest BCUT2D eigenvalue weighted by Crippen LogP contribution is 2.23. The van der Waals surface area contributed by atoms with Gasteiger partial charge in [-0.3, -0.25) is 19.9 Å². The van der Waals surface area contributed by atoms with Crippen LogP contribution in [0.15, 0.2) is 73.3 Å². The van der Waals surface area contributed by atoms with E-state index in [1.165, 1.54) is 6.20 Å². The highest BCUT2D eigenvalue weighted by molar-refractivity contribution is 6.30. The first-order valence-electron chi connectivity index (χ1n) is 9.95. The van der Waals surface area contributed by atoms with Gasteiger partial charge in [0.25, 0.3) is 5.91 Å². The Labute approximate surface area is 189 Å². The SMILES string of the molecule is Nc1n[nH]cc1C(=O)NC(CCOc1cccc(Cl)c1)c1ccc(-c2cccnc2)nc1. The summed E-state index contributed by atoms with van der Waals surface area (Å²) in [4.78, 5) is 21.4. The van der Waals surface area contributed by atoms with Crippen LogP contribution in [-0.4, -0.2) is 32.7 Å². The van der Waals surface area contributed by atoms with Crippen LogP contribution >= 0.6 is 11.6 Å². The Hall–Kier alpha value is -3.91. The van der Waals surface area contributed by atoms with Crippen molar-refractivity contribution in [1.29, 1.82) is 0 Å². The molecule has 4 rings (SSSR count). The molecule has 0 aliphatic carbocycles. The molecule has 4 N–H and O–H groups in total. The van der Waals surface area contributed by atoms with Crippen molar-refractivity contribution in [2.75, 3.05) is 12.3 Å². The number of hydrogen-bond donors (Lipinski definition) is 3. The van der Waals surface area contributed by atoms with Gasteiger partial charge in [-0.25, -0.2) is 0 Å². The largest absolute Gasteiger partial charge is 0.493 e. The number of carbonyl (C=O) groups is 1. The fourth-order valence-electron chi connectivity index (χ4n) is 3.19. The van der Waals surface area contributed by atoms with E-state index in [0.717, 1.165) is 16.8 Å². The van der Waals surface area contributed by atoms with Gasteiger partial charge < -0.3 is 15.8 Å². The number of aromatic amines is 1. The Morgan fingerprint density at radius 2 is 2.09 bits per heavy atom. The summed E-state index contributed by atoms with van der Waals surface area (Å²) in [6.07, 6.45) is 7.18. The number of nitrogen functional groups attached to an aromatic ring is 1. The summed E-state index contributed by atoms with van der Waals surface area (Å²) < 4.78 is 5.82. The maximum atomic E-state index is 12.7. The third-order valence-corrected chi connectivity index (χ3v) is 5.07. The Morgan fingerprint density at radius 3 is 2.78 bits per heavy atom. The van der Waals surface area contributed by atoms with Crippen molar-refractivity contribution in [2.45, 2.75) is 12.5 Å². The number of anilines is 1. The van der Waals surface area contributed by atoms with Gasteiger partial charge in [0.15, 0.2) is 5.82 Å². The van der Waals surface area contributed by atoms with Crippen molar-refractivity contribution in [3.05, 3.63) is 89.5 Å². The lowest BCUT2D eigenvalue weighted by Crippen LogP contribution is -2.30. The van der Waals surface area contributed by atoms with Crippen molar-refractivity contribution < 1.29 is 9.53 Å². The van der Waals surface area contributed by atoms with Gasteiger partial charge in [0.05, 0.1) is 18.3 Å². The molecule has 0 spiro atoms. The highest BCUT2D eigenvalue weighted by atomic mass is 35.5. The Balaban J connectivity index is 1.51. The highest BCUT2D eigenvalue weighted by Gasteiger charge is 2.19. The molecule has 3 aromatic heterocycles. The molecule has 32 heavy (non-hydrogen) atoms. The summed E-state index contributed by atoms with van der Waals surface area (Å²) in [5, 5.41) is 10.00. The van der Waals surface area contributed by atoms with Crippen LogP contribution in [0.3, 0.4) is 0 Å². The molecule has 0 fully saturated rings. The van der Waals surface area contributed by atoms with E-state index in [-0.39, 0.29) is 23.3 Å². The second-order valence-corrected chi connectivity index (χ2v) is 7.46. The Bertz CT molecular complexity index is 1180. The molecule has 1 amide bonds. The molecular weight excluding hydrogens is 428 g/mol. The van der Waals surface area contributed by atoms with E-state index in [9.17, 15) is 4.79 Å². The molecular formula is C23H21ClN6O2. The number of hydrogen-bond acceptors (Lipinski definition) is 6. The quantitative estimate of drug-likeness (QED) is 0.374. The van der Waals surface area contributed by atoms with Gasteiger partial charge in [-0.1, -0.05) is 23.7 Å².